The summed E-state index contributed by atoms with van der Waals surface area (Å²) in [4.78, 5) is 20.7. The van der Waals surface area contributed by atoms with Crippen LogP contribution in [-0.2, 0) is 0 Å². The number of pyridine rings is 1. The minimum Gasteiger partial charge on any atom is -0.247 e. The van der Waals surface area contributed by atoms with Crippen molar-refractivity contribution in [3.8, 4) is 56.5 Å². The molecule has 12 aromatic rings. The maximum Gasteiger partial charge on any atom is 0.165 e. The first kappa shape index (κ1) is 33.1. The maximum atomic E-state index is 5.31. The van der Waals surface area contributed by atoms with Gasteiger partial charge in [-0.3, -0.25) is 0 Å². The fourth-order valence-electron chi connectivity index (χ4n) is 8.42. The maximum absolute atomic E-state index is 5.31. The van der Waals surface area contributed by atoms with Crippen molar-refractivity contribution in [1.29, 1.82) is 0 Å². The van der Waals surface area contributed by atoms with Crippen LogP contribution in [0.5, 0.6) is 0 Å². The van der Waals surface area contributed by atoms with Crippen LogP contribution in [0.25, 0.3) is 119 Å². The highest BCUT2D eigenvalue weighted by atomic mass is 32.1. The smallest absolute Gasteiger partial charge is 0.165 e. The molecule has 4 heterocycles. The van der Waals surface area contributed by atoms with Crippen molar-refractivity contribution in [3.63, 3.8) is 0 Å². The Balaban J connectivity index is 1.07. The third-order valence-electron chi connectivity index (χ3n) is 11.1. The first-order valence-corrected chi connectivity index (χ1v) is 20.9. The highest BCUT2D eigenvalue weighted by molar-refractivity contribution is 7.27. The molecule has 0 spiro atoms. The molecule has 0 bridgehead atoms. The highest BCUT2D eigenvalue weighted by Crippen LogP contribution is 2.48. The molecule has 0 N–H and O–H groups in total. The summed E-state index contributed by atoms with van der Waals surface area (Å²) in [6.45, 7) is 0. The van der Waals surface area contributed by atoms with Gasteiger partial charge in [-0.1, -0.05) is 152 Å². The van der Waals surface area contributed by atoms with Gasteiger partial charge in [-0.25, -0.2) is 19.9 Å². The van der Waals surface area contributed by atoms with E-state index < -0.39 is 0 Å². The molecule has 0 aliphatic carbocycles. The molecular formula is C52H30N4S2. The van der Waals surface area contributed by atoms with Crippen LogP contribution >= 0.6 is 22.7 Å². The predicted octanol–water partition coefficient (Wildman–Crippen LogP) is 14.6. The number of benzene rings is 8. The van der Waals surface area contributed by atoms with Crippen molar-refractivity contribution in [2.75, 3.05) is 0 Å². The van der Waals surface area contributed by atoms with E-state index in [9.17, 15) is 0 Å². The van der Waals surface area contributed by atoms with Crippen LogP contribution in [0.4, 0.5) is 0 Å². The SMILES string of the molecule is c1ccc(-c2nc(-c3ccc(-c4cc5c(-c6ccccc6)nc6ccccc6c5c5c4sc4ccccc45)cc3)nc(-c3cccc4c3sc3ccccc34)n2)cc1. The van der Waals surface area contributed by atoms with Crippen LogP contribution in [0.2, 0.25) is 0 Å². The molecular weight excluding hydrogens is 745 g/mol. The molecule has 58 heavy (non-hydrogen) atoms. The van der Waals surface area contributed by atoms with Gasteiger partial charge < -0.3 is 0 Å². The summed E-state index contributed by atoms with van der Waals surface area (Å²) >= 11 is 3.64. The van der Waals surface area contributed by atoms with Gasteiger partial charge in [0.2, 0.25) is 0 Å². The molecule has 0 aliphatic rings. The van der Waals surface area contributed by atoms with Gasteiger partial charge in [-0.2, -0.15) is 0 Å². The molecule has 6 heteroatoms. The Kier molecular flexibility index (Phi) is 7.55. The molecule has 0 radical (unpaired) electrons. The van der Waals surface area contributed by atoms with Gasteiger partial charge in [0, 0.05) is 84.3 Å². The lowest BCUT2D eigenvalue weighted by atomic mass is 9.92. The number of aromatic nitrogens is 4. The van der Waals surface area contributed by atoms with E-state index in [-0.39, 0.29) is 0 Å². The van der Waals surface area contributed by atoms with E-state index in [1.165, 1.54) is 56.7 Å². The molecule has 0 saturated heterocycles. The largest absolute Gasteiger partial charge is 0.247 e. The molecule has 4 aromatic heterocycles. The molecule has 8 aromatic carbocycles. The van der Waals surface area contributed by atoms with E-state index in [0.717, 1.165) is 44.4 Å². The van der Waals surface area contributed by atoms with Crippen molar-refractivity contribution in [2.24, 2.45) is 0 Å². The predicted molar refractivity (Wildman–Crippen MR) is 246 cm³/mol. The average Bonchev–Trinajstić information content (AvgIpc) is 3.88. The van der Waals surface area contributed by atoms with Crippen molar-refractivity contribution < 1.29 is 0 Å². The van der Waals surface area contributed by atoms with E-state index >= 15 is 0 Å². The molecule has 0 amide bonds. The van der Waals surface area contributed by atoms with Gasteiger partial charge in [0.25, 0.3) is 0 Å². The molecule has 0 unspecified atom stereocenters. The summed E-state index contributed by atoms with van der Waals surface area (Å²) < 4.78 is 4.96. The monoisotopic (exact) mass is 774 g/mol. The van der Waals surface area contributed by atoms with Crippen LogP contribution in [0.3, 0.4) is 0 Å². The lowest BCUT2D eigenvalue weighted by molar-refractivity contribution is 1.08. The van der Waals surface area contributed by atoms with Crippen molar-refractivity contribution in [3.05, 3.63) is 182 Å². The minimum absolute atomic E-state index is 0.640. The third kappa shape index (κ3) is 5.27. The Bertz CT molecular complexity index is 3560. The summed E-state index contributed by atoms with van der Waals surface area (Å²) in [5, 5.41) is 8.56. The lowest BCUT2D eigenvalue weighted by Gasteiger charge is -2.15. The van der Waals surface area contributed by atoms with Gasteiger partial charge >= 0.3 is 0 Å². The second kappa shape index (κ2) is 13.2. The van der Waals surface area contributed by atoms with Gasteiger partial charge in [0.05, 0.1) is 11.2 Å². The van der Waals surface area contributed by atoms with E-state index in [1.807, 2.05) is 29.5 Å². The summed E-state index contributed by atoms with van der Waals surface area (Å²) in [6.07, 6.45) is 0. The standard InChI is InChI=1S/C52H30N4S2/c1-3-14-32(15-4-1)47-41-30-40(49-46(38-20-9-12-25-44(38)58-49)45(41)37-19-7-10-23-42(37)53-47)31-26-28-34(29-27-31)51-54-50(33-16-5-2-6-17-33)55-52(56-51)39-22-13-21-36-35-18-8-11-24-43(35)57-48(36)39/h1-30H. The van der Waals surface area contributed by atoms with Crippen LogP contribution in [0.1, 0.15) is 0 Å². The number of rotatable bonds is 5. The Morgan fingerprint density at radius 2 is 0.862 bits per heavy atom. The molecule has 12 rings (SSSR count). The van der Waals surface area contributed by atoms with E-state index in [2.05, 4.69) is 164 Å². The Morgan fingerprint density at radius 3 is 1.62 bits per heavy atom. The van der Waals surface area contributed by atoms with Crippen molar-refractivity contribution >= 4 is 84.7 Å². The molecule has 4 nitrogen and oxygen atoms in total. The van der Waals surface area contributed by atoms with Crippen LogP contribution in [-0.4, -0.2) is 19.9 Å². The van der Waals surface area contributed by atoms with Crippen molar-refractivity contribution in [1.82, 2.24) is 19.9 Å². The molecule has 0 atom stereocenters. The fourth-order valence-corrected chi connectivity index (χ4v) is 10.9. The zero-order chi connectivity index (χ0) is 38.2. The van der Waals surface area contributed by atoms with Gasteiger partial charge in [-0.15, -0.1) is 22.7 Å². The zero-order valence-corrected chi connectivity index (χ0v) is 32.6. The number of fused-ring (bicyclic) bond motifs is 10. The second-order valence-corrected chi connectivity index (χ2v) is 16.6. The number of para-hydroxylation sites is 1. The van der Waals surface area contributed by atoms with Crippen LogP contribution in [0.15, 0.2) is 182 Å². The first-order chi connectivity index (χ1) is 28.7. The van der Waals surface area contributed by atoms with E-state index in [0.29, 0.717) is 17.5 Å². The highest BCUT2D eigenvalue weighted by Gasteiger charge is 2.21. The number of nitrogens with zero attached hydrogens (tertiary/aromatic N) is 4. The topological polar surface area (TPSA) is 51.6 Å². The Morgan fingerprint density at radius 1 is 0.310 bits per heavy atom. The van der Waals surface area contributed by atoms with E-state index in [1.54, 1.807) is 11.3 Å². The average molecular weight is 775 g/mol. The fraction of sp³-hybridized carbons (Fsp3) is 0. The normalized spacial score (nSPS) is 11.8. The third-order valence-corrected chi connectivity index (χ3v) is 13.5. The summed E-state index contributed by atoms with van der Waals surface area (Å²) in [5.41, 5.74) is 8.29. The van der Waals surface area contributed by atoms with Crippen molar-refractivity contribution in [2.45, 2.75) is 0 Å². The summed E-state index contributed by atoms with van der Waals surface area (Å²) in [7, 11) is 0. The van der Waals surface area contributed by atoms with Gasteiger partial charge in [0.15, 0.2) is 17.5 Å². The Hall–Kier alpha value is -7.12. The second-order valence-electron chi connectivity index (χ2n) is 14.5. The molecule has 0 saturated carbocycles. The first-order valence-electron chi connectivity index (χ1n) is 19.3. The molecule has 0 aliphatic heterocycles. The zero-order valence-electron chi connectivity index (χ0n) is 30.9. The summed E-state index contributed by atoms with van der Waals surface area (Å²) in [5.74, 6) is 1.96. The van der Waals surface area contributed by atoms with Gasteiger partial charge in [-0.05, 0) is 35.9 Å². The number of hydrogen-bond acceptors (Lipinski definition) is 6. The summed E-state index contributed by atoms with van der Waals surface area (Å²) in [6, 6.07) is 64.2. The quantitative estimate of drug-likeness (QED) is 0.163. The number of hydrogen-bond donors (Lipinski definition) is 0. The molecule has 270 valence electrons. The minimum atomic E-state index is 0.640. The van der Waals surface area contributed by atoms with Crippen LogP contribution < -0.4 is 0 Å². The Labute approximate surface area is 341 Å². The number of thiophene rings is 2. The lowest BCUT2D eigenvalue weighted by Crippen LogP contribution is -2.00. The van der Waals surface area contributed by atoms with Crippen LogP contribution in [0, 0.1) is 0 Å². The van der Waals surface area contributed by atoms with Gasteiger partial charge in [0.1, 0.15) is 0 Å². The van der Waals surface area contributed by atoms with E-state index in [4.69, 9.17) is 19.9 Å². The molecule has 0 fully saturated rings.